The van der Waals surface area contributed by atoms with E-state index in [1.54, 1.807) is 6.92 Å². The fourth-order valence-electron chi connectivity index (χ4n) is 0.365. The van der Waals surface area contributed by atoms with Gasteiger partial charge in [0, 0.05) is 4.91 Å². The number of nitrogens with zero attached hydrogens (tertiary/aromatic N) is 5. The van der Waals surface area contributed by atoms with Crippen LogP contribution in [0.15, 0.2) is 5.11 Å². The second-order valence-electron chi connectivity index (χ2n) is 1.31. The first kappa shape index (κ1) is 6.00. The molecule has 0 fully saturated rings. The first-order chi connectivity index (χ1) is 4.33. The Balaban J connectivity index is 2.97. The number of hydrogen-bond acceptors (Lipinski definition) is 4. The number of aryl methyl sites for hydroxylation is 1. The van der Waals surface area contributed by atoms with Crippen molar-refractivity contribution in [3.63, 3.8) is 0 Å². The highest BCUT2D eigenvalue weighted by molar-refractivity contribution is 7.09. The second-order valence-corrected chi connectivity index (χ2v) is 2.04. The van der Waals surface area contributed by atoms with Gasteiger partial charge in [-0.2, -0.15) is 4.37 Å². The van der Waals surface area contributed by atoms with Gasteiger partial charge in [0.05, 0.1) is 0 Å². The number of azide groups is 1. The summed E-state index contributed by atoms with van der Waals surface area (Å²) >= 11 is 1.09. The van der Waals surface area contributed by atoms with Crippen LogP contribution < -0.4 is 0 Å². The van der Waals surface area contributed by atoms with E-state index in [4.69, 9.17) is 5.53 Å². The number of aromatic nitrogens is 2. The number of rotatable bonds is 1. The van der Waals surface area contributed by atoms with Gasteiger partial charge < -0.3 is 0 Å². The van der Waals surface area contributed by atoms with Gasteiger partial charge in [0.25, 0.3) is 0 Å². The minimum absolute atomic E-state index is 0.370. The Hall–Kier alpha value is -1.13. The van der Waals surface area contributed by atoms with Gasteiger partial charge in [-0.3, -0.25) is 0 Å². The summed E-state index contributed by atoms with van der Waals surface area (Å²) in [5.41, 5.74) is 7.93. The van der Waals surface area contributed by atoms with Crippen LogP contribution in [0, 0.1) is 6.92 Å². The Labute approximate surface area is 55.2 Å². The summed E-state index contributed by atoms with van der Waals surface area (Å²) in [7, 11) is 0. The lowest BCUT2D eigenvalue weighted by molar-refractivity contribution is 1.15. The molecule has 0 radical (unpaired) electrons. The Morgan fingerprint density at radius 1 is 1.78 bits per heavy atom. The smallest absolute Gasteiger partial charge is 0.200 e. The maximum atomic E-state index is 7.93. The van der Waals surface area contributed by atoms with Crippen LogP contribution in [-0.4, -0.2) is 9.36 Å². The fourth-order valence-corrected chi connectivity index (χ4v) is 0.866. The summed E-state index contributed by atoms with van der Waals surface area (Å²) < 4.78 is 3.80. The lowest BCUT2D eigenvalue weighted by atomic mass is 10.8. The highest BCUT2D eigenvalue weighted by Gasteiger charge is 1.93. The normalized spacial score (nSPS) is 8.56. The third-order valence-electron chi connectivity index (χ3n) is 0.647. The standard InChI is InChI=1S/C3H3N5S/c1-2-5-3(6-8-4)9-7-2/h1H3. The van der Waals surface area contributed by atoms with Crippen molar-refractivity contribution in [2.75, 3.05) is 0 Å². The van der Waals surface area contributed by atoms with Crippen molar-refractivity contribution < 1.29 is 0 Å². The summed E-state index contributed by atoms with van der Waals surface area (Å²) in [4.78, 5) is 6.34. The molecule has 9 heavy (non-hydrogen) atoms. The van der Waals surface area contributed by atoms with Crippen molar-refractivity contribution in [1.29, 1.82) is 0 Å². The molecule has 0 aliphatic rings. The van der Waals surface area contributed by atoms with Gasteiger partial charge in [0.1, 0.15) is 5.82 Å². The molecule has 0 aromatic carbocycles. The van der Waals surface area contributed by atoms with E-state index in [9.17, 15) is 0 Å². The SMILES string of the molecule is Cc1nsc(N=[N+]=[N-])n1. The molecule has 0 saturated heterocycles. The zero-order valence-electron chi connectivity index (χ0n) is 4.64. The quantitative estimate of drug-likeness (QED) is 0.339. The van der Waals surface area contributed by atoms with Crippen molar-refractivity contribution >= 4 is 16.7 Å². The molecule has 1 rings (SSSR count). The highest BCUT2D eigenvalue weighted by Crippen LogP contribution is 2.13. The van der Waals surface area contributed by atoms with Gasteiger partial charge in [0.15, 0.2) is 5.13 Å². The van der Waals surface area contributed by atoms with E-state index in [1.807, 2.05) is 0 Å². The van der Waals surface area contributed by atoms with Crippen LogP contribution in [0.1, 0.15) is 5.82 Å². The van der Waals surface area contributed by atoms with E-state index in [-0.39, 0.29) is 0 Å². The Morgan fingerprint density at radius 3 is 3.00 bits per heavy atom. The minimum Gasteiger partial charge on any atom is -0.218 e. The minimum atomic E-state index is 0.370. The molecule has 0 aliphatic carbocycles. The third kappa shape index (κ3) is 1.38. The molecule has 5 nitrogen and oxygen atoms in total. The summed E-state index contributed by atoms with van der Waals surface area (Å²) in [6.45, 7) is 1.74. The molecule has 0 bridgehead atoms. The van der Waals surface area contributed by atoms with E-state index in [0.717, 1.165) is 11.5 Å². The zero-order chi connectivity index (χ0) is 6.69. The molecule has 0 N–H and O–H groups in total. The summed E-state index contributed by atoms with van der Waals surface area (Å²) in [6, 6.07) is 0. The summed E-state index contributed by atoms with van der Waals surface area (Å²) in [5, 5.41) is 3.62. The molecule has 0 spiro atoms. The van der Waals surface area contributed by atoms with Crippen LogP contribution in [-0.2, 0) is 0 Å². The van der Waals surface area contributed by atoms with Gasteiger partial charge in [-0.05, 0) is 29.1 Å². The first-order valence-corrected chi connectivity index (χ1v) is 2.95. The van der Waals surface area contributed by atoms with E-state index >= 15 is 0 Å². The maximum Gasteiger partial charge on any atom is 0.200 e. The van der Waals surface area contributed by atoms with Crippen molar-refractivity contribution in [2.45, 2.75) is 6.92 Å². The van der Waals surface area contributed by atoms with Crippen LogP contribution in [0.4, 0.5) is 5.13 Å². The Morgan fingerprint density at radius 2 is 2.56 bits per heavy atom. The molecule has 0 amide bonds. The molecular formula is C3H3N5S. The largest absolute Gasteiger partial charge is 0.218 e. The van der Waals surface area contributed by atoms with Gasteiger partial charge in [-0.15, -0.1) is 0 Å². The van der Waals surface area contributed by atoms with Crippen molar-refractivity contribution in [1.82, 2.24) is 9.36 Å². The molecule has 0 unspecified atom stereocenters. The molecule has 1 aromatic heterocycles. The van der Waals surface area contributed by atoms with Crippen LogP contribution >= 0.6 is 11.5 Å². The summed E-state index contributed by atoms with van der Waals surface area (Å²) in [5.74, 6) is 0.641. The molecule has 0 saturated carbocycles. The maximum absolute atomic E-state index is 7.93. The fraction of sp³-hybridized carbons (Fsp3) is 0.333. The Bertz CT molecular complexity index is 246. The van der Waals surface area contributed by atoms with Crippen molar-refractivity contribution in [3.05, 3.63) is 16.3 Å². The third-order valence-corrected chi connectivity index (χ3v) is 1.34. The monoisotopic (exact) mass is 141 g/mol. The first-order valence-electron chi connectivity index (χ1n) is 2.18. The molecule has 1 aromatic rings. The lowest BCUT2D eigenvalue weighted by Crippen LogP contribution is -1.67. The predicted octanol–water partition coefficient (Wildman–Crippen LogP) is 1.79. The molecule has 0 atom stereocenters. The van der Waals surface area contributed by atoms with E-state index in [0.29, 0.717) is 11.0 Å². The van der Waals surface area contributed by atoms with E-state index in [2.05, 4.69) is 19.4 Å². The zero-order valence-corrected chi connectivity index (χ0v) is 5.46. The molecule has 0 aliphatic heterocycles. The molecule has 1 heterocycles. The Kier molecular flexibility index (Phi) is 1.62. The molecule has 46 valence electrons. The number of hydrogen-bond donors (Lipinski definition) is 0. The highest BCUT2D eigenvalue weighted by atomic mass is 32.1. The van der Waals surface area contributed by atoms with Gasteiger partial charge in [0.2, 0.25) is 0 Å². The predicted molar refractivity (Wildman–Crippen MR) is 33.5 cm³/mol. The van der Waals surface area contributed by atoms with Gasteiger partial charge in [-0.1, -0.05) is 0 Å². The van der Waals surface area contributed by atoms with Gasteiger partial charge in [-0.25, -0.2) is 4.98 Å². The molecule has 6 heteroatoms. The average Bonchev–Trinajstić information content (AvgIpc) is 2.17. The average molecular weight is 141 g/mol. The van der Waals surface area contributed by atoms with Gasteiger partial charge >= 0.3 is 0 Å². The van der Waals surface area contributed by atoms with Crippen LogP contribution in [0.5, 0.6) is 0 Å². The van der Waals surface area contributed by atoms with E-state index < -0.39 is 0 Å². The topological polar surface area (TPSA) is 74.5 Å². The van der Waals surface area contributed by atoms with Crippen LogP contribution in [0.3, 0.4) is 0 Å². The van der Waals surface area contributed by atoms with Crippen LogP contribution in [0.2, 0.25) is 0 Å². The molecular weight excluding hydrogens is 138 g/mol. The van der Waals surface area contributed by atoms with E-state index in [1.165, 1.54) is 0 Å². The lowest BCUT2D eigenvalue weighted by Gasteiger charge is -1.69. The summed E-state index contributed by atoms with van der Waals surface area (Å²) in [6.07, 6.45) is 0. The van der Waals surface area contributed by atoms with Crippen molar-refractivity contribution in [2.24, 2.45) is 5.11 Å². The van der Waals surface area contributed by atoms with Crippen molar-refractivity contribution in [3.8, 4) is 0 Å². The second kappa shape index (κ2) is 2.43. The van der Waals surface area contributed by atoms with Crippen LogP contribution in [0.25, 0.3) is 10.4 Å².